The molecule has 5 nitrogen and oxygen atoms in total. The summed E-state index contributed by atoms with van der Waals surface area (Å²) < 4.78 is 13.9. The van der Waals surface area contributed by atoms with Gasteiger partial charge in [-0.05, 0) is 31.5 Å². The van der Waals surface area contributed by atoms with Crippen LogP contribution >= 0.6 is 0 Å². The first-order valence-electron chi connectivity index (χ1n) is 6.81. The Balaban J connectivity index is 1.86. The molecule has 0 spiro atoms. The van der Waals surface area contributed by atoms with E-state index < -0.39 is 0 Å². The van der Waals surface area contributed by atoms with E-state index in [0.717, 1.165) is 25.2 Å². The third-order valence-electron chi connectivity index (χ3n) is 3.50. The Morgan fingerprint density at radius 2 is 2.25 bits per heavy atom. The molecule has 0 aliphatic carbocycles. The lowest BCUT2D eigenvalue weighted by atomic mass is 10.1. The number of benzene rings is 1. The molecule has 6 heteroatoms. The number of nitrogens with one attached hydrogen (secondary N) is 2. The number of aromatic amines is 1. The molecule has 2 aromatic rings. The van der Waals surface area contributed by atoms with E-state index in [9.17, 15) is 4.39 Å². The third-order valence-corrected chi connectivity index (χ3v) is 3.50. The number of anilines is 1. The SMILES string of the molecule is Cc1ccc(-c2nc(N3CCN[C@@H](C)C3)n[nH]2)c(F)c1. The Morgan fingerprint density at radius 3 is 3.00 bits per heavy atom. The topological polar surface area (TPSA) is 56.8 Å². The minimum Gasteiger partial charge on any atom is -0.337 e. The Hall–Kier alpha value is -1.95. The molecular weight excluding hydrogens is 257 g/mol. The molecule has 1 saturated heterocycles. The number of hydrogen-bond acceptors (Lipinski definition) is 4. The van der Waals surface area contributed by atoms with E-state index in [1.165, 1.54) is 6.07 Å². The molecule has 0 radical (unpaired) electrons. The standard InChI is InChI=1S/C14H18FN5/c1-9-3-4-11(12(15)7-9)13-17-14(19-18-13)20-6-5-16-10(2)8-20/h3-4,7,10,16H,5-6,8H2,1-2H3,(H,17,18,19)/t10-/m0/s1. The highest BCUT2D eigenvalue weighted by Gasteiger charge is 2.20. The Labute approximate surface area is 117 Å². The van der Waals surface area contributed by atoms with Crippen molar-refractivity contribution in [3.63, 3.8) is 0 Å². The number of piperazine rings is 1. The van der Waals surface area contributed by atoms with Crippen molar-refractivity contribution in [1.82, 2.24) is 20.5 Å². The molecular formula is C14H18FN5. The zero-order valence-corrected chi connectivity index (χ0v) is 11.7. The Kier molecular flexibility index (Phi) is 3.40. The van der Waals surface area contributed by atoms with Crippen LogP contribution in [0.3, 0.4) is 0 Å². The van der Waals surface area contributed by atoms with Gasteiger partial charge in [0.05, 0.1) is 5.56 Å². The summed E-state index contributed by atoms with van der Waals surface area (Å²) in [6.45, 7) is 6.61. The quantitative estimate of drug-likeness (QED) is 0.876. The molecule has 106 valence electrons. The molecule has 1 aromatic carbocycles. The minimum absolute atomic E-state index is 0.277. The number of aromatic nitrogens is 3. The molecule has 2 N–H and O–H groups in total. The summed E-state index contributed by atoms with van der Waals surface area (Å²) in [4.78, 5) is 6.53. The summed E-state index contributed by atoms with van der Waals surface area (Å²) in [6, 6.07) is 5.51. The molecule has 1 aliphatic heterocycles. The second-order valence-electron chi connectivity index (χ2n) is 5.27. The second-order valence-corrected chi connectivity index (χ2v) is 5.27. The van der Waals surface area contributed by atoms with Crippen LogP contribution in [-0.2, 0) is 0 Å². The van der Waals surface area contributed by atoms with Crippen LogP contribution < -0.4 is 10.2 Å². The van der Waals surface area contributed by atoms with E-state index in [1.54, 1.807) is 6.07 Å². The molecule has 1 atom stereocenters. The first-order valence-corrected chi connectivity index (χ1v) is 6.81. The van der Waals surface area contributed by atoms with E-state index in [4.69, 9.17) is 0 Å². The summed E-state index contributed by atoms with van der Waals surface area (Å²) in [5.41, 5.74) is 1.35. The molecule has 0 bridgehead atoms. The number of aryl methyl sites for hydroxylation is 1. The van der Waals surface area contributed by atoms with Gasteiger partial charge in [0.15, 0.2) is 5.82 Å². The average Bonchev–Trinajstić information content (AvgIpc) is 2.88. The fourth-order valence-corrected chi connectivity index (χ4v) is 2.44. The Bertz CT molecular complexity index is 609. The molecule has 20 heavy (non-hydrogen) atoms. The van der Waals surface area contributed by atoms with Gasteiger partial charge in [-0.1, -0.05) is 6.07 Å². The van der Waals surface area contributed by atoms with Crippen molar-refractivity contribution in [3.05, 3.63) is 29.6 Å². The van der Waals surface area contributed by atoms with E-state index in [2.05, 4.69) is 32.3 Å². The van der Waals surface area contributed by atoms with Crippen LogP contribution in [0.25, 0.3) is 11.4 Å². The number of rotatable bonds is 2. The van der Waals surface area contributed by atoms with E-state index in [1.807, 2.05) is 13.0 Å². The van der Waals surface area contributed by atoms with Gasteiger partial charge < -0.3 is 10.2 Å². The maximum atomic E-state index is 13.9. The summed E-state index contributed by atoms with van der Waals surface area (Å²) in [5, 5.41) is 10.4. The van der Waals surface area contributed by atoms with Crippen molar-refractivity contribution in [2.24, 2.45) is 0 Å². The predicted octanol–water partition coefficient (Wildman–Crippen LogP) is 1.72. The molecule has 2 heterocycles. The number of nitrogens with zero attached hydrogens (tertiary/aromatic N) is 3. The molecule has 1 fully saturated rings. The highest BCUT2D eigenvalue weighted by Crippen LogP contribution is 2.22. The second kappa shape index (κ2) is 5.20. The van der Waals surface area contributed by atoms with Crippen LogP contribution in [0.4, 0.5) is 10.3 Å². The lowest BCUT2D eigenvalue weighted by Crippen LogP contribution is -2.49. The molecule has 0 saturated carbocycles. The van der Waals surface area contributed by atoms with Gasteiger partial charge in [-0.2, -0.15) is 4.98 Å². The summed E-state index contributed by atoms with van der Waals surface area (Å²) in [7, 11) is 0. The largest absolute Gasteiger partial charge is 0.337 e. The monoisotopic (exact) mass is 275 g/mol. The van der Waals surface area contributed by atoms with Crippen LogP contribution in [0.15, 0.2) is 18.2 Å². The molecule has 1 aliphatic rings. The zero-order valence-electron chi connectivity index (χ0n) is 11.7. The maximum Gasteiger partial charge on any atom is 0.245 e. The third kappa shape index (κ3) is 2.51. The number of hydrogen-bond donors (Lipinski definition) is 2. The first-order chi connectivity index (χ1) is 9.63. The van der Waals surface area contributed by atoms with Crippen LogP contribution in [0.1, 0.15) is 12.5 Å². The van der Waals surface area contributed by atoms with Crippen LogP contribution in [0.2, 0.25) is 0 Å². The van der Waals surface area contributed by atoms with Gasteiger partial charge in [0.1, 0.15) is 5.82 Å². The van der Waals surface area contributed by atoms with Gasteiger partial charge in [-0.15, -0.1) is 5.10 Å². The van der Waals surface area contributed by atoms with Crippen LogP contribution in [-0.4, -0.2) is 40.9 Å². The number of H-pyrrole nitrogens is 1. The van der Waals surface area contributed by atoms with Crippen molar-refractivity contribution in [2.75, 3.05) is 24.5 Å². The van der Waals surface area contributed by atoms with Crippen LogP contribution in [0.5, 0.6) is 0 Å². The fraction of sp³-hybridized carbons (Fsp3) is 0.429. The molecule has 3 rings (SSSR count). The molecule has 0 unspecified atom stereocenters. The lowest BCUT2D eigenvalue weighted by Gasteiger charge is -2.30. The van der Waals surface area contributed by atoms with Crippen LogP contribution in [0, 0.1) is 12.7 Å². The zero-order chi connectivity index (χ0) is 14.1. The normalized spacial score (nSPS) is 19.4. The predicted molar refractivity (Wildman–Crippen MR) is 76.2 cm³/mol. The lowest BCUT2D eigenvalue weighted by molar-refractivity contribution is 0.480. The summed E-state index contributed by atoms with van der Waals surface area (Å²) >= 11 is 0. The van der Waals surface area contributed by atoms with Gasteiger partial charge in [0.2, 0.25) is 5.95 Å². The van der Waals surface area contributed by atoms with Crippen molar-refractivity contribution in [1.29, 1.82) is 0 Å². The van der Waals surface area contributed by atoms with Gasteiger partial charge in [0, 0.05) is 25.7 Å². The smallest absolute Gasteiger partial charge is 0.245 e. The molecule has 0 amide bonds. The van der Waals surface area contributed by atoms with Gasteiger partial charge in [-0.3, -0.25) is 5.10 Å². The van der Waals surface area contributed by atoms with E-state index in [-0.39, 0.29) is 5.82 Å². The average molecular weight is 275 g/mol. The Morgan fingerprint density at radius 1 is 1.40 bits per heavy atom. The van der Waals surface area contributed by atoms with Gasteiger partial charge in [-0.25, -0.2) is 4.39 Å². The maximum absolute atomic E-state index is 13.9. The summed E-state index contributed by atoms with van der Waals surface area (Å²) in [5.74, 6) is 0.832. The first kappa shape index (κ1) is 13.1. The van der Waals surface area contributed by atoms with Crippen molar-refractivity contribution < 1.29 is 4.39 Å². The number of halogens is 1. The highest BCUT2D eigenvalue weighted by molar-refractivity contribution is 5.57. The highest BCUT2D eigenvalue weighted by atomic mass is 19.1. The van der Waals surface area contributed by atoms with E-state index >= 15 is 0 Å². The van der Waals surface area contributed by atoms with Crippen molar-refractivity contribution in [3.8, 4) is 11.4 Å². The molecule has 1 aromatic heterocycles. The van der Waals surface area contributed by atoms with Crippen molar-refractivity contribution >= 4 is 5.95 Å². The fourth-order valence-electron chi connectivity index (χ4n) is 2.44. The van der Waals surface area contributed by atoms with Crippen molar-refractivity contribution in [2.45, 2.75) is 19.9 Å². The van der Waals surface area contributed by atoms with E-state index in [0.29, 0.717) is 23.4 Å². The van der Waals surface area contributed by atoms with Gasteiger partial charge >= 0.3 is 0 Å². The minimum atomic E-state index is -0.277. The van der Waals surface area contributed by atoms with Gasteiger partial charge in [0.25, 0.3) is 0 Å². The summed E-state index contributed by atoms with van der Waals surface area (Å²) in [6.07, 6.45) is 0.